The molecule has 2 aliphatic rings. The minimum atomic E-state index is -0.00933. The van der Waals surface area contributed by atoms with Gasteiger partial charge in [0, 0.05) is 17.1 Å². The van der Waals surface area contributed by atoms with E-state index < -0.39 is 0 Å². The van der Waals surface area contributed by atoms with Gasteiger partial charge in [0.1, 0.15) is 0 Å². The molecule has 0 aliphatic heterocycles. The fourth-order valence-corrected chi connectivity index (χ4v) is 8.34. The lowest BCUT2D eigenvalue weighted by Crippen LogP contribution is -2.72. The van der Waals surface area contributed by atoms with E-state index in [9.17, 15) is 0 Å². The van der Waals surface area contributed by atoms with Crippen LogP contribution in [0.15, 0.2) is 0 Å². The van der Waals surface area contributed by atoms with Crippen LogP contribution < -0.4 is 11.1 Å². The molecule has 160 valence electrons. The Labute approximate surface area is 170 Å². The molecular weight excluding hydrogens is 328 g/mol. The molecule has 0 heterocycles. The summed E-state index contributed by atoms with van der Waals surface area (Å²) in [5.74, 6) is 0. The number of hydrogen-bond donors (Lipinski definition) is 2. The summed E-state index contributed by atoms with van der Waals surface area (Å²) in [5, 5.41) is 4.26. The smallest absolute Gasteiger partial charge is 0.0319 e. The predicted molar refractivity (Wildman–Crippen MR) is 120 cm³/mol. The molecular formula is C25H50N2. The third kappa shape index (κ3) is 4.58. The molecule has 0 bridgehead atoms. The zero-order valence-corrected chi connectivity index (χ0v) is 20.3. The van der Waals surface area contributed by atoms with Crippen molar-refractivity contribution in [3.63, 3.8) is 0 Å². The van der Waals surface area contributed by atoms with Crippen molar-refractivity contribution in [2.24, 2.45) is 27.4 Å². The zero-order chi connectivity index (χ0) is 20.9. The Morgan fingerprint density at radius 3 is 1.70 bits per heavy atom. The third-order valence-corrected chi connectivity index (χ3v) is 8.46. The van der Waals surface area contributed by atoms with E-state index >= 15 is 0 Å². The van der Waals surface area contributed by atoms with Gasteiger partial charge >= 0.3 is 0 Å². The lowest BCUT2D eigenvalue weighted by atomic mass is 9.51. The molecule has 2 fully saturated rings. The average molecular weight is 379 g/mol. The molecule has 0 saturated heterocycles. The van der Waals surface area contributed by atoms with Gasteiger partial charge < -0.3 is 11.1 Å². The van der Waals surface area contributed by atoms with E-state index in [0.717, 1.165) is 0 Å². The fraction of sp³-hybridized carbons (Fsp3) is 1.00. The highest BCUT2D eigenvalue weighted by molar-refractivity contribution is 5.14. The Morgan fingerprint density at radius 1 is 0.704 bits per heavy atom. The van der Waals surface area contributed by atoms with E-state index in [2.05, 4.69) is 74.6 Å². The molecule has 2 saturated carbocycles. The molecule has 4 atom stereocenters. The van der Waals surface area contributed by atoms with Crippen LogP contribution in [0.4, 0.5) is 0 Å². The maximum absolute atomic E-state index is 7.12. The number of nitrogens with two attached hydrogens (primary N) is 1. The van der Waals surface area contributed by atoms with Gasteiger partial charge in [-0.1, -0.05) is 61.8 Å². The van der Waals surface area contributed by atoms with Crippen molar-refractivity contribution in [1.82, 2.24) is 5.32 Å². The normalized spacial score (nSPS) is 43.4. The quantitative estimate of drug-likeness (QED) is 0.560. The Balaban J connectivity index is 2.40. The Bertz CT molecular complexity index is 532. The van der Waals surface area contributed by atoms with Gasteiger partial charge in [0.25, 0.3) is 0 Å². The van der Waals surface area contributed by atoms with Crippen LogP contribution in [0.25, 0.3) is 0 Å². The van der Waals surface area contributed by atoms with Crippen molar-refractivity contribution in [3.8, 4) is 0 Å². The summed E-state index contributed by atoms with van der Waals surface area (Å²) in [6.07, 6.45) is 9.87. The first-order valence-electron chi connectivity index (χ1n) is 11.6. The van der Waals surface area contributed by atoms with Gasteiger partial charge in [-0.05, 0) is 80.5 Å². The number of hydrogen-bond acceptors (Lipinski definition) is 2. The molecule has 0 aromatic carbocycles. The summed E-state index contributed by atoms with van der Waals surface area (Å²) in [7, 11) is 0. The van der Waals surface area contributed by atoms with Crippen molar-refractivity contribution in [1.29, 1.82) is 0 Å². The van der Waals surface area contributed by atoms with Crippen LogP contribution in [0, 0.1) is 21.7 Å². The van der Waals surface area contributed by atoms with Gasteiger partial charge in [0.2, 0.25) is 0 Å². The molecule has 2 nitrogen and oxygen atoms in total. The molecule has 0 amide bonds. The maximum Gasteiger partial charge on any atom is 0.0319 e. The van der Waals surface area contributed by atoms with Crippen molar-refractivity contribution in [3.05, 3.63) is 0 Å². The fourth-order valence-electron chi connectivity index (χ4n) is 8.34. The first kappa shape index (κ1) is 23.2. The molecule has 0 aromatic heterocycles. The first-order chi connectivity index (χ1) is 12.1. The Morgan fingerprint density at radius 2 is 1.22 bits per heavy atom. The third-order valence-electron chi connectivity index (χ3n) is 8.46. The van der Waals surface area contributed by atoms with Crippen LogP contribution in [0.5, 0.6) is 0 Å². The van der Waals surface area contributed by atoms with Gasteiger partial charge in [-0.15, -0.1) is 0 Å². The Hall–Kier alpha value is -0.0800. The van der Waals surface area contributed by atoms with Gasteiger partial charge in [0.15, 0.2) is 0 Å². The summed E-state index contributed by atoms with van der Waals surface area (Å²) in [6.45, 7) is 24.4. The van der Waals surface area contributed by atoms with E-state index in [1.165, 1.54) is 51.4 Å². The SMILES string of the molecule is CCC1(C)CC(C)(C)CC(C)(NC2(C)CC(C)(C)CC(CC)(CC)C2N)C1. The molecule has 0 radical (unpaired) electrons. The Kier molecular flexibility index (Phi) is 6.02. The molecule has 27 heavy (non-hydrogen) atoms. The van der Waals surface area contributed by atoms with Crippen molar-refractivity contribution >= 4 is 0 Å². The molecule has 0 spiro atoms. The van der Waals surface area contributed by atoms with Crippen LogP contribution >= 0.6 is 0 Å². The second-order valence-corrected chi connectivity index (χ2v) is 13.0. The molecule has 0 aromatic rings. The van der Waals surface area contributed by atoms with Crippen LogP contribution in [0.1, 0.15) is 121 Å². The van der Waals surface area contributed by atoms with E-state index in [0.29, 0.717) is 16.2 Å². The summed E-state index contributed by atoms with van der Waals surface area (Å²) in [4.78, 5) is 0. The first-order valence-corrected chi connectivity index (χ1v) is 11.6. The van der Waals surface area contributed by atoms with Crippen molar-refractivity contribution < 1.29 is 0 Å². The minimum Gasteiger partial charge on any atom is -0.326 e. The van der Waals surface area contributed by atoms with E-state index in [4.69, 9.17) is 5.73 Å². The number of rotatable bonds is 5. The van der Waals surface area contributed by atoms with Crippen molar-refractivity contribution in [2.45, 2.75) is 138 Å². The van der Waals surface area contributed by atoms with Gasteiger partial charge in [0.05, 0.1) is 0 Å². The van der Waals surface area contributed by atoms with E-state index in [1.54, 1.807) is 0 Å². The topological polar surface area (TPSA) is 38.0 Å². The molecule has 2 heteroatoms. The molecule has 3 N–H and O–H groups in total. The zero-order valence-electron chi connectivity index (χ0n) is 20.3. The second kappa shape index (κ2) is 7.01. The standard InChI is InChI=1S/C25H50N2/c1-11-22(8)14-20(4,5)15-23(9,18-22)27-24(10)16-21(6,7)17-25(12-2,13-3)19(24)26/h19,27H,11-18,26H2,1-10H3. The molecule has 2 aliphatic carbocycles. The van der Waals surface area contributed by atoms with Gasteiger partial charge in [-0.3, -0.25) is 0 Å². The van der Waals surface area contributed by atoms with Gasteiger partial charge in [-0.2, -0.15) is 0 Å². The van der Waals surface area contributed by atoms with Crippen molar-refractivity contribution in [2.75, 3.05) is 0 Å². The largest absolute Gasteiger partial charge is 0.326 e. The summed E-state index contributed by atoms with van der Waals surface area (Å²) >= 11 is 0. The molecule has 4 unspecified atom stereocenters. The number of nitrogens with one attached hydrogen (secondary N) is 1. The monoisotopic (exact) mass is 378 g/mol. The highest BCUT2D eigenvalue weighted by atomic mass is 15.1. The lowest BCUT2D eigenvalue weighted by Gasteiger charge is -2.62. The summed E-state index contributed by atoms with van der Waals surface area (Å²) in [6, 6.07) is 0.211. The van der Waals surface area contributed by atoms with Crippen LogP contribution in [0.3, 0.4) is 0 Å². The van der Waals surface area contributed by atoms with Crippen LogP contribution in [-0.4, -0.2) is 17.1 Å². The highest BCUT2D eigenvalue weighted by Gasteiger charge is 2.56. The van der Waals surface area contributed by atoms with Gasteiger partial charge in [-0.25, -0.2) is 0 Å². The average Bonchev–Trinajstić information content (AvgIpc) is 2.47. The molecule has 2 rings (SSSR count). The van der Waals surface area contributed by atoms with E-state index in [1.807, 2.05) is 0 Å². The van der Waals surface area contributed by atoms with E-state index in [-0.39, 0.29) is 22.5 Å². The summed E-state index contributed by atoms with van der Waals surface area (Å²) in [5.41, 5.74) is 8.63. The maximum atomic E-state index is 7.12. The summed E-state index contributed by atoms with van der Waals surface area (Å²) < 4.78 is 0. The second-order valence-electron chi connectivity index (χ2n) is 13.0. The highest BCUT2D eigenvalue weighted by Crippen LogP contribution is 2.56. The van der Waals surface area contributed by atoms with Crippen LogP contribution in [-0.2, 0) is 0 Å². The predicted octanol–water partition coefficient (Wildman–Crippen LogP) is 6.67. The van der Waals surface area contributed by atoms with Crippen LogP contribution in [0.2, 0.25) is 0 Å². The lowest BCUT2D eigenvalue weighted by molar-refractivity contribution is -0.0526. The minimum absolute atomic E-state index is 0.00933.